The monoisotopic (exact) mass is 253 g/mol. The van der Waals surface area contributed by atoms with Gasteiger partial charge in [0.2, 0.25) is 5.91 Å². The first kappa shape index (κ1) is 14.6. The third kappa shape index (κ3) is 4.83. The molecule has 0 aliphatic heterocycles. The van der Waals surface area contributed by atoms with Gasteiger partial charge < -0.3 is 10.6 Å². The normalized spacial score (nSPS) is 12.4. The first-order chi connectivity index (χ1) is 8.67. The van der Waals surface area contributed by atoms with Crippen molar-refractivity contribution in [3.05, 3.63) is 11.9 Å². The van der Waals surface area contributed by atoms with Crippen molar-refractivity contribution in [2.45, 2.75) is 39.8 Å². The van der Waals surface area contributed by atoms with Gasteiger partial charge >= 0.3 is 0 Å². The number of carbonyl (C=O) groups is 1. The van der Waals surface area contributed by atoms with Gasteiger partial charge in [-0.25, -0.2) is 0 Å². The van der Waals surface area contributed by atoms with Gasteiger partial charge in [-0.3, -0.25) is 9.48 Å². The highest BCUT2D eigenvalue weighted by Crippen LogP contribution is 1.99. The summed E-state index contributed by atoms with van der Waals surface area (Å²) in [7, 11) is 1.88. The Hall–Kier alpha value is -1.43. The lowest BCUT2D eigenvalue weighted by atomic mass is 10.1. The Morgan fingerprint density at radius 3 is 3.00 bits per heavy atom. The van der Waals surface area contributed by atoms with Crippen LogP contribution in [0, 0.1) is 5.92 Å². The molecule has 0 aromatic carbocycles. The quantitative estimate of drug-likeness (QED) is 0.664. The SMILES string of the molecule is CCC(C)C(=O)NCCCn1cc(CNC)nn1. The Morgan fingerprint density at radius 2 is 2.33 bits per heavy atom. The highest BCUT2D eigenvalue weighted by molar-refractivity contribution is 5.78. The van der Waals surface area contributed by atoms with Crippen LogP contribution in [0.5, 0.6) is 0 Å². The number of carbonyl (C=O) groups excluding carboxylic acids is 1. The number of hydrogen-bond acceptors (Lipinski definition) is 4. The largest absolute Gasteiger partial charge is 0.356 e. The molecule has 6 nitrogen and oxygen atoms in total. The molecule has 1 amide bonds. The van der Waals surface area contributed by atoms with Crippen LogP contribution < -0.4 is 10.6 Å². The molecular weight excluding hydrogens is 230 g/mol. The third-order valence-electron chi connectivity index (χ3n) is 2.87. The molecule has 0 radical (unpaired) electrons. The minimum absolute atomic E-state index is 0.0959. The summed E-state index contributed by atoms with van der Waals surface area (Å²) in [5.41, 5.74) is 0.932. The maximum Gasteiger partial charge on any atom is 0.222 e. The summed E-state index contributed by atoms with van der Waals surface area (Å²) in [6, 6.07) is 0. The smallest absolute Gasteiger partial charge is 0.222 e. The molecule has 0 saturated carbocycles. The van der Waals surface area contributed by atoms with Crippen molar-refractivity contribution in [2.75, 3.05) is 13.6 Å². The molecule has 2 N–H and O–H groups in total. The van der Waals surface area contributed by atoms with E-state index in [9.17, 15) is 4.79 Å². The fourth-order valence-corrected chi connectivity index (χ4v) is 1.52. The van der Waals surface area contributed by atoms with Gasteiger partial charge in [0.25, 0.3) is 0 Å². The number of nitrogens with zero attached hydrogens (tertiary/aromatic N) is 3. The van der Waals surface area contributed by atoms with E-state index in [2.05, 4.69) is 20.9 Å². The standard InChI is InChI=1S/C12H23N5O/c1-4-10(2)12(18)14-6-5-7-17-9-11(8-13-3)15-16-17/h9-10,13H,4-8H2,1-3H3,(H,14,18). The molecule has 0 saturated heterocycles. The lowest BCUT2D eigenvalue weighted by Gasteiger charge is -2.09. The van der Waals surface area contributed by atoms with Crippen LogP contribution in [0.3, 0.4) is 0 Å². The number of hydrogen-bond donors (Lipinski definition) is 2. The van der Waals surface area contributed by atoms with Crippen LogP contribution in [-0.4, -0.2) is 34.5 Å². The molecule has 0 aliphatic carbocycles. The van der Waals surface area contributed by atoms with Crippen molar-refractivity contribution in [1.29, 1.82) is 0 Å². The van der Waals surface area contributed by atoms with E-state index in [4.69, 9.17) is 0 Å². The van der Waals surface area contributed by atoms with Crippen molar-refractivity contribution < 1.29 is 4.79 Å². The Labute approximate surface area is 108 Å². The summed E-state index contributed by atoms with van der Waals surface area (Å²) in [6.45, 7) is 6.15. The molecule has 6 heteroatoms. The van der Waals surface area contributed by atoms with Crippen LogP contribution in [0.25, 0.3) is 0 Å². The van der Waals surface area contributed by atoms with Gasteiger partial charge in [-0.05, 0) is 19.9 Å². The Balaban J connectivity index is 2.19. The molecule has 0 aliphatic rings. The summed E-state index contributed by atoms with van der Waals surface area (Å²) in [5, 5.41) is 14.0. The maximum absolute atomic E-state index is 11.5. The Kier molecular flexibility index (Phi) is 6.35. The number of amides is 1. The van der Waals surface area contributed by atoms with E-state index in [1.807, 2.05) is 31.8 Å². The number of aryl methyl sites for hydroxylation is 1. The fourth-order valence-electron chi connectivity index (χ4n) is 1.52. The predicted octanol–water partition coefficient (Wildman–Crippen LogP) is 0.550. The number of rotatable bonds is 8. The van der Waals surface area contributed by atoms with E-state index < -0.39 is 0 Å². The van der Waals surface area contributed by atoms with Gasteiger partial charge in [0, 0.05) is 31.7 Å². The van der Waals surface area contributed by atoms with Crippen LogP contribution in [0.2, 0.25) is 0 Å². The molecule has 1 aromatic rings. The molecule has 1 atom stereocenters. The van der Waals surface area contributed by atoms with E-state index in [0.717, 1.165) is 31.6 Å². The average Bonchev–Trinajstić information content (AvgIpc) is 2.81. The minimum atomic E-state index is 0.0959. The van der Waals surface area contributed by atoms with Gasteiger partial charge in [0.15, 0.2) is 0 Å². The molecule has 102 valence electrons. The topological polar surface area (TPSA) is 71.8 Å². The second kappa shape index (κ2) is 7.81. The zero-order chi connectivity index (χ0) is 13.4. The molecular formula is C12H23N5O. The Morgan fingerprint density at radius 1 is 1.56 bits per heavy atom. The van der Waals surface area contributed by atoms with Crippen molar-refractivity contribution in [3.63, 3.8) is 0 Å². The first-order valence-corrected chi connectivity index (χ1v) is 6.48. The summed E-state index contributed by atoms with van der Waals surface area (Å²) >= 11 is 0. The molecule has 1 heterocycles. The Bertz CT molecular complexity index is 363. The van der Waals surface area contributed by atoms with E-state index in [0.29, 0.717) is 6.54 Å². The van der Waals surface area contributed by atoms with Crippen LogP contribution >= 0.6 is 0 Å². The van der Waals surface area contributed by atoms with E-state index in [-0.39, 0.29) is 11.8 Å². The second-order valence-electron chi connectivity index (χ2n) is 4.46. The predicted molar refractivity (Wildman–Crippen MR) is 69.9 cm³/mol. The second-order valence-corrected chi connectivity index (χ2v) is 4.46. The minimum Gasteiger partial charge on any atom is -0.356 e. The van der Waals surface area contributed by atoms with Gasteiger partial charge in [0.1, 0.15) is 0 Å². The number of nitrogens with one attached hydrogen (secondary N) is 2. The van der Waals surface area contributed by atoms with E-state index in [1.54, 1.807) is 0 Å². The highest BCUT2D eigenvalue weighted by Gasteiger charge is 2.08. The van der Waals surface area contributed by atoms with Crippen LogP contribution in [-0.2, 0) is 17.9 Å². The lowest BCUT2D eigenvalue weighted by Crippen LogP contribution is -2.30. The van der Waals surface area contributed by atoms with Gasteiger partial charge in [-0.15, -0.1) is 5.10 Å². The van der Waals surface area contributed by atoms with Crippen molar-refractivity contribution in [2.24, 2.45) is 5.92 Å². The zero-order valence-electron chi connectivity index (χ0n) is 11.4. The summed E-state index contributed by atoms with van der Waals surface area (Å²) < 4.78 is 1.81. The zero-order valence-corrected chi connectivity index (χ0v) is 11.4. The number of aromatic nitrogens is 3. The van der Waals surface area contributed by atoms with E-state index >= 15 is 0 Å². The highest BCUT2D eigenvalue weighted by atomic mass is 16.1. The fraction of sp³-hybridized carbons (Fsp3) is 0.750. The van der Waals surface area contributed by atoms with Gasteiger partial charge in [-0.2, -0.15) is 0 Å². The molecule has 1 unspecified atom stereocenters. The molecule has 0 bridgehead atoms. The molecule has 1 aromatic heterocycles. The summed E-state index contributed by atoms with van der Waals surface area (Å²) in [5.74, 6) is 0.227. The molecule has 18 heavy (non-hydrogen) atoms. The summed E-state index contributed by atoms with van der Waals surface area (Å²) in [4.78, 5) is 11.5. The van der Waals surface area contributed by atoms with Gasteiger partial charge in [-0.1, -0.05) is 19.1 Å². The van der Waals surface area contributed by atoms with Crippen LogP contribution in [0.1, 0.15) is 32.4 Å². The first-order valence-electron chi connectivity index (χ1n) is 6.48. The maximum atomic E-state index is 11.5. The summed E-state index contributed by atoms with van der Waals surface area (Å²) in [6.07, 6.45) is 3.67. The lowest BCUT2D eigenvalue weighted by molar-refractivity contribution is -0.124. The average molecular weight is 253 g/mol. The molecule has 0 fully saturated rings. The molecule has 1 rings (SSSR count). The van der Waals surface area contributed by atoms with Crippen LogP contribution in [0.4, 0.5) is 0 Å². The van der Waals surface area contributed by atoms with Crippen molar-refractivity contribution >= 4 is 5.91 Å². The third-order valence-corrected chi connectivity index (χ3v) is 2.87. The van der Waals surface area contributed by atoms with Crippen molar-refractivity contribution in [1.82, 2.24) is 25.6 Å². The van der Waals surface area contributed by atoms with Crippen molar-refractivity contribution in [3.8, 4) is 0 Å². The van der Waals surface area contributed by atoms with Gasteiger partial charge in [0.05, 0.1) is 5.69 Å². The molecule has 0 spiro atoms. The van der Waals surface area contributed by atoms with Crippen LogP contribution in [0.15, 0.2) is 6.20 Å². The van der Waals surface area contributed by atoms with E-state index in [1.165, 1.54) is 0 Å².